The Balaban J connectivity index is 1.39. The molecule has 3 aliphatic heterocycles. The number of likely N-dealkylation sites (tertiary alicyclic amines) is 1. The molecule has 4 heterocycles. The van der Waals surface area contributed by atoms with Crippen molar-refractivity contribution in [2.24, 2.45) is 0 Å². The van der Waals surface area contributed by atoms with Gasteiger partial charge in [-0.1, -0.05) is 35.9 Å². The van der Waals surface area contributed by atoms with Gasteiger partial charge in [0.1, 0.15) is 12.1 Å². The lowest BCUT2D eigenvalue weighted by atomic mass is 9.82. The molecular formula is C28H29ClN4O4. The van der Waals surface area contributed by atoms with Crippen molar-refractivity contribution in [2.75, 3.05) is 31.1 Å². The van der Waals surface area contributed by atoms with E-state index in [1.165, 1.54) is 0 Å². The molecule has 3 aromatic rings. The van der Waals surface area contributed by atoms with E-state index in [0.29, 0.717) is 40.0 Å². The number of anilines is 1. The normalized spacial score (nSPS) is 19.1. The van der Waals surface area contributed by atoms with Crippen molar-refractivity contribution in [2.45, 2.75) is 44.2 Å². The van der Waals surface area contributed by atoms with E-state index < -0.39 is 17.6 Å². The zero-order chi connectivity index (χ0) is 25.6. The Morgan fingerprint density at radius 1 is 1.03 bits per heavy atom. The summed E-state index contributed by atoms with van der Waals surface area (Å²) >= 11 is 6.30. The van der Waals surface area contributed by atoms with Gasteiger partial charge in [0.25, 0.3) is 5.91 Å². The number of halogens is 1. The number of carbonyl (C=O) groups is 3. The first-order valence-corrected chi connectivity index (χ1v) is 13.3. The Bertz CT molecular complexity index is 1390. The number of aromatic nitrogens is 1. The van der Waals surface area contributed by atoms with Gasteiger partial charge in [-0.2, -0.15) is 0 Å². The molecule has 1 spiro atoms. The molecule has 0 bridgehead atoms. The fraction of sp³-hybridized carbons (Fsp3) is 0.393. The number of para-hydroxylation sites is 1. The van der Waals surface area contributed by atoms with Gasteiger partial charge < -0.3 is 19.5 Å². The van der Waals surface area contributed by atoms with E-state index in [0.717, 1.165) is 55.9 Å². The second kappa shape index (κ2) is 9.50. The number of imide groups is 1. The second-order valence-corrected chi connectivity index (χ2v) is 10.5. The molecule has 0 unspecified atom stereocenters. The van der Waals surface area contributed by atoms with Crippen LogP contribution in [0, 0.1) is 0 Å². The molecular weight excluding hydrogens is 492 g/mol. The number of ether oxygens (including phenoxy) is 1. The van der Waals surface area contributed by atoms with Gasteiger partial charge in [0.2, 0.25) is 5.91 Å². The first-order chi connectivity index (χ1) is 18.0. The van der Waals surface area contributed by atoms with Crippen LogP contribution in [0.25, 0.3) is 10.9 Å². The highest BCUT2D eigenvalue weighted by Crippen LogP contribution is 2.45. The number of rotatable bonds is 3. The van der Waals surface area contributed by atoms with Gasteiger partial charge in [-0.15, -0.1) is 0 Å². The highest BCUT2D eigenvalue weighted by molar-refractivity contribution is 6.31. The molecule has 0 saturated carbocycles. The van der Waals surface area contributed by atoms with Crippen molar-refractivity contribution in [3.8, 4) is 0 Å². The fourth-order valence-corrected chi connectivity index (χ4v) is 6.06. The molecule has 0 aliphatic carbocycles. The van der Waals surface area contributed by atoms with E-state index in [2.05, 4.69) is 5.32 Å². The third-order valence-corrected chi connectivity index (χ3v) is 8.04. The summed E-state index contributed by atoms with van der Waals surface area (Å²) in [5.74, 6) is -0.483. The van der Waals surface area contributed by atoms with Crippen LogP contribution in [0.1, 0.15) is 48.0 Å². The molecule has 37 heavy (non-hydrogen) atoms. The molecule has 192 valence electrons. The maximum Gasteiger partial charge on any atom is 0.422 e. The van der Waals surface area contributed by atoms with Crippen molar-refractivity contribution in [3.63, 3.8) is 0 Å². The van der Waals surface area contributed by atoms with Crippen LogP contribution in [0.4, 0.5) is 10.5 Å². The molecule has 2 saturated heterocycles. The average molecular weight is 521 g/mol. The Labute approximate surface area is 220 Å². The lowest BCUT2D eigenvalue weighted by Crippen LogP contribution is -2.52. The van der Waals surface area contributed by atoms with Gasteiger partial charge in [-0.3, -0.25) is 9.59 Å². The van der Waals surface area contributed by atoms with Crippen molar-refractivity contribution in [1.29, 1.82) is 0 Å². The van der Waals surface area contributed by atoms with Gasteiger partial charge in [0.05, 0.1) is 16.8 Å². The predicted molar refractivity (Wildman–Crippen MR) is 141 cm³/mol. The molecule has 8 nitrogen and oxygen atoms in total. The Hall–Kier alpha value is -3.36. The maximum atomic E-state index is 14.0. The number of benzene rings is 2. The van der Waals surface area contributed by atoms with E-state index in [1.54, 1.807) is 35.0 Å². The third-order valence-electron chi connectivity index (χ3n) is 7.80. The summed E-state index contributed by atoms with van der Waals surface area (Å²) in [4.78, 5) is 43.5. The lowest BCUT2D eigenvalue weighted by molar-refractivity contribution is -0.132. The highest BCUT2D eigenvalue weighted by Gasteiger charge is 2.47. The first kappa shape index (κ1) is 24.0. The Morgan fingerprint density at radius 2 is 1.78 bits per heavy atom. The predicted octanol–water partition coefficient (Wildman–Crippen LogP) is 4.68. The van der Waals surface area contributed by atoms with Crippen LogP contribution >= 0.6 is 11.6 Å². The Morgan fingerprint density at radius 3 is 2.57 bits per heavy atom. The first-order valence-electron chi connectivity index (χ1n) is 12.9. The number of piperidine rings is 2. The van der Waals surface area contributed by atoms with E-state index in [9.17, 15) is 14.4 Å². The van der Waals surface area contributed by atoms with Gasteiger partial charge in [0, 0.05) is 48.1 Å². The molecule has 3 aliphatic rings. The number of carbonyl (C=O) groups excluding carboxylic acids is 3. The summed E-state index contributed by atoms with van der Waals surface area (Å²) in [6.45, 7) is 3.06. The summed E-state index contributed by atoms with van der Waals surface area (Å²) in [5, 5.41) is 4.45. The fourth-order valence-electron chi connectivity index (χ4n) is 5.89. The van der Waals surface area contributed by atoms with E-state index in [4.69, 9.17) is 16.3 Å². The number of nitrogens with one attached hydrogen (secondary N) is 1. The van der Waals surface area contributed by atoms with Crippen LogP contribution in [0.2, 0.25) is 5.02 Å². The SMILES string of the molecule is O=C(Cn1cc(C(=O)N2C(=O)OC3(CCNCC3)c3ccccc32)c2ccc(Cl)cc21)N1CCCCC1. The molecule has 3 amide bonds. The minimum absolute atomic E-state index is 0.00570. The van der Waals surface area contributed by atoms with Crippen molar-refractivity contribution in [3.05, 3.63) is 64.8 Å². The highest BCUT2D eigenvalue weighted by atomic mass is 35.5. The van der Waals surface area contributed by atoms with Crippen LogP contribution in [0.15, 0.2) is 48.7 Å². The number of hydrogen-bond donors (Lipinski definition) is 1. The van der Waals surface area contributed by atoms with E-state index in [-0.39, 0.29) is 12.5 Å². The van der Waals surface area contributed by atoms with Crippen LogP contribution in [0.5, 0.6) is 0 Å². The van der Waals surface area contributed by atoms with Crippen LogP contribution in [-0.2, 0) is 21.7 Å². The smallest absolute Gasteiger partial charge is 0.422 e. The van der Waals surface area contributed by atoms with Crippen LogP contribution < -0.4 is 10.2 Å². The summed E-state index contributed by atoms with van der Waals surface area (Å²) < 4.78 is 7.78. The Kier molecular flexibility index (Phi) is 6.16. The van der Waals surface area contributed by atoms with Gasteiger partial charge in [0.15, 0.2) is 0 Å². The topological polar surface area (TPSA) is 83.9 Å². The third kappa shape index (κ3) is 4.18. The monoisotopic (exact) mass is 520 g/mol. The number of amides is 3. The summed E-state index contributed by atoms with van der Waals surface area (Å²) in [5.41, 5.74) is 1.65. The molecule has 1 N–H and O–H groups in total. The largest absolute Gasteiger partial charge is 0.437 e. The standard InChI is InChI=1S/C28H29ClN4O4/c29-19-8-9-20-21(17-32(24(20)16-19)18-25(34)31-14-4-1-5-15-31)26(35)33-23-7-3-2-6-22(23)28(37-27(33)36)10-12-30-13-11-28/h2-3,6-9,16-17,30H,1,4-5,10-15,18H2. The second-order valence-electron chi connectivity index (χ2n) is 10.0. The van der Waals surface area contributed by atoms with Crippen molar-refractivity contribution in [1.82, 2.24) is 14.8 Å². The molecule has 2 fully saturated rings. The zero-order valence-electron chi connectivity index (χ0n) is 20.5. The van der Waals surface area contributed by atoms with Crippen molar-refractivity contribution < 1.29 is 19.1 Å². The maximum absolute atomic E-state index is 14.0. The summed E-state index contributed by atoms with van der Waals surface area (Å²) in [6, 6.07) is 12.7. The number of hydrogen-bond acceptors (Lipinski definition) is 5. The van der Waals surface area contributed by atoms with Gasteiger partial charge in [-0.25, -0.2) is 9.69 Å². The number of fused-ring (bicyclic) bond motifs is 3. The zero-order valence-corrected chi connectivity index (χ0v) is 21.3. The average Bonchev–Trinajstić information content (AvgIpc) is 3.27. The molecule has 0 radical (unpaired) electrons. The lowest BCUT2D eigenvalue weighted by Gasteiger charge is -2.44. The number of nitrogens with zero attached hydrogens (tertiary/aromatic N) is 3. The molecule has 0 atom stereocenters. The van der Waals surface area contributed by atoms with Crippen LogP contribution in [0.3, 0.4) is 0 Å². The van der Waals surface area contributed by atoms with E-state index >= 15 is 0 Å². The molecule has 6 rings (SSSR count). The molecule has 1 aromatic heterocycles. The van der Waals surface area contributed by atoms with Crippen molar-refractivity contribution >= 4 is 46.1 Å². The minimum Gasteiger partial charge on any atom is -0.437 e. The minimum atomic E-state index is -0.738. The van der Waals surface area contributed by atoms with Gasteiger partial charge >= 0.3 is 6.09 Å². The summed E-state index contributed by atoms with van der Waals surface area (Å²) in [7, 11) is 0. The molecule has 2 aromatic carbocycles. The van der Waals surface area contributed by atoms with Gasteiger partial charge in [-0.05, 0) is 50.6 Å². The van der Waals surface area contributed by atoms with E-state index in [1.807, 2.05) is 23.1 Å². The summed E-state index contributed by atoms with van der Waals surface area (Å²) in [6.07, 6.45) is 5.42. The quantitative estimate of drug-likeness (QED) is 0.542. The van der Waals surface area contributed by atoms with Crippen LogP contribution in [-0.4, -0.2) is 53.6 Å². The molecule has 9 heteroatoms.